The molecular weight excluding hydrogens is 144 g/mol. The summed E-state index contributed by atoms with van der Waals surface area (Å²) in [7, 11) is 1.59. The Labute approximate surface area is 67.7 Å². The zero-order valence-electron chi connectivity index (χ0n) is 7.59. The first-order valence-electron chi connectivity index (χ1n) is 3.77. The SMILES string of the molecule is COC(C)COC(=O)C(C)C. The molecule has 0 radical (unpaired) electrons. The van der Waals surface area contributed by atoms with Crippen molar-refractivity contribution in [2.24, 2.45) is 5.92 Å². The molecule has 1 atom stereocenters. The van der Waals surface area contributed by atoms with Gasteiger partial charge in [0.2, 0.25) is 0 Å². The standard InChI is InChI=1S/C8H16O3/c1-6(2)8(9)11-5-7(3)10-4/h6-7H,5H2,1-4H3. The summed E-state index contributed by atoms with van der Waals surface area (Å²) in [5.41, 5.74) is 0. The van der Waals surface area contributed by atoms with Crippen LogP contribution in [0, 0.1) is 5.92 Å². The number of hydrogen-bond donors (Lipinski definition) is 0. The van der Waals surface area contributed by atoms with Gasteiger partial charge in [0.15, 0.2) is 0 Å². The molecule has 3 heteroatoms. The summed E-state index contributed by atoms with van der Waals surface area (Å²) in [5, 5.41) is 0. The fraction of sp³-hybridized carbons (Fsp3) is 0.875. The van der Waals surface area contributed by atoms with E-state index in [4.69, 9.17) is 9.47 Å². The second-order valence-corrected chi connectivity index (χ2v) is 2.83. The molecule has 0 aliphatic carbocycles. The van der Waals surface area contributed by atoms with Crippen LogP contribution in [0.2, 0.25) is 0 Å². The van der Waals surface area contributed by atoms with Crippen LogP contribution in [0.5, 0.6) is 0 Å². The maximum absolute atomic E-state index is 10.9. The van der Waals surface area contributed by atoms with Crippen molar-refractivity contribution in [2.75, 3.05) is 13.7 Å². The lowest BCUT2D eigenvalue weighted by Gasteiger charge is -2.11. The Hall–Kier alpha value is -0.570. The van der Waals surface area contributed by atoms with Gasteiger partial charge in [0.25, 0.3) is 0 Å². The van der Waals surface area contributed by atoms with E-state index in [2.05, 4.69) is 0 Å². The monoisotopic (exact) mass is 160 g/mol. The average molecular weight is 160 g/mol. The van der Waals surface area contributed by atoms with Crippen LogP contribution < -0.4 is 0 Å². The number of carbonyl (C=O) groups excluding carboxylic acids is 1. The molecule has 1 unspecified atom stereocenters. The number of hydrogen-bond acceptors (Lipinski definition) is 3. The van der Waals surface area contributed by atoms with E-state index in [0.29, 0.717) is 6.61 Å². The summed E-state index contributed by atoms with van der Waals surface area (Å²) in [6.07, 6.45) is -0.0160. The lowest BCUT2D eigenvalue weighted by atomic mass is 10.2. The number of rotatable bonds is 4. The zero-order chi connectivity index (χ0) is 8.85. The molecular formula is C8H16O3. The van der Waals surface area contributed by atoms with Crippen LogP contribution in [0.1, 0.15) is 20.8 Å². The normalized spacial score (nSPS) is 13.2. The highest BCUT2D eigenvalue weighted by Crippen LogP contribution is 1.97. The third kappa shape index (κ3) is 4.79. The molecule has 0 aromatic rings. The average Bonchev–Trinajstić information content (AvgIpc) is 1.99. The molecule has 0 bridgehead atoms. The van der Waals surface area contributed by atoms with Gasteiger partial charge in [0.05, 0.1) is 12.0 Å². The minimum Gasteiger partial charge on any atom is -0.463 e. The molecule has 0 saturated carbocycles. The maximum Gasteiger partial charge on any atom is 0.308 e. The minimum atomic E-state index is -0.172. The fourth-order valence-electron chi connectivity index (χ4n) is 0.434. The van der Waals surface area contributed by atoms with Gasteiger partial charge >= 0.3 is 5.97 Å². The van der Waals surface area contributed by atoms with Crippen molar-refractivity contribution in [2.45, 2.75) is 26.9 Å². The van der Waals surface area contributed by atoms with Gasteiger partial charge in [0.1, 0.15) is 6.61 Å². The van der Waals surface area contributed by atoms with Gasteiger partial charge in [-0.05, 0) is 6.92 Å². The Morgan fingerprint density at radius 3 is 2.27 bits per heavy atom. The van der Waals surface area contributed by atoms with Gasteiger partial charge in [0, 0.05) is 7.11 Å². The van der Waals surface area contributed by atoms with Crippen molar-refractivity contribution in [3.05, 3.63) is 0 Å². The summed E-state index contributed by atoms with van der Waals surface area (Å²) < 4.78 is 9.80. The molecule has 0 amide bonds. The molecule has 11 heavy (non-hydrogen) atoms. The zero-order valence-corrected chi connectivity index (χ0v) is 7.59. The predicted molar refractivity (Wildman–Crippen MR) is 42.3 cm³/mol. The van der Waals surface area contributed by atoms with Gasteiger partial charge < -0.3 is 9.47 Å². The van der Waals surface area contributed by atoms with E-state index in [1.54, 1.807) is 21.0 Å². The topological polar surface area (TPSA) is 35.5 Å². The van der Waals surface area contributed by atoms with Crippen LogP contribution in [-0.2, 0) is 14.3 Å². The van der Waals surface area contributed by atoms with E-state index in [-0.39, 0.29) is 18.0 Å². The number of carbonyl (C=O) groups is 1. The Bertz CT molecular complexity index is 121. The first-order valence-corrected chi connectivity index (χ1v) is 3.77. The van der Waals surface area contributed by atoms with Crippen LogP contribution in [0.4, 0.5) is 0 Å². The second-order valence-electron chi connectivity index (χ2n) is 2.83. The first kappa shape index (κ1) is 10.4. The maximum atomic E-state index is 10.9. The van der Waals surface area contributed by atoms with Crippen molar-refractivity contribution in [1.29, 1.82) is 0 Å². The molecule has 0 aromatic heterocycles. The Kier molecular flexibility index (Phi) is 4.86. The molecule has 0 heterocycles. The molecule has 0 fully saturated rings. The van der Waals surface area contributed by atoms with Crippen LogP contribution in [0.3, 0.4) is 0 Å². The smallest absolute Gasteiger partial charge is 0.308 e. The lowest BCUT2D eigenvalue weighted by Crippen LogP contribution is -2.20. The minimum absolute atomic E-state index is 0.0160. The highest BCUT2D eigenvalue weighted by Gasteiger charge is 2.09. The van der Waals surface area contributed by atoms with Gasteiger partial charge in [-0.2, -0.15) is 0 Å². The number of methoxy groups -OCH3 is 1. The molecule has 66 valence electrons. The van der Waals surface area contributed by atoms with Gasteiger partial charge in [-0.3, -0.25) is 4.79 Å². The summed E-state index contributed by atoms with van der Waals surface area (Å²) >= 11 is 0. The molecule has 0 saturated heterocycles. The van der Waals surface area contributed by atoms with E-state index in [1.807, 2.05) is 6.92 Å². The van der Waals surface area contributed by atoms with E-state index >= 15 is 0 Å². The van der Waals surface area contributed by atoms with Crippen molar-refractivity contribution in [3.63, 3.8) is 0 Å². The molecule has 0 N–H and O–H groups in total. The molecule has 0 aliphatic heterocycles. The second kappa shape index (κ2) is 5.13. The van der Waals surface area contributed by atoms with Crippen LogP contribution in [0.25, 0.3) is 0 Å². The Morgan fingerprint density at radius 1 is 1.36 bits per heavy atom. The Balaban J connectivity index is 3.46. The van der Waals surface area contributed by atoms with E-state index < -0.39 is 0 Å². The summed E-state index contributed by atoms with van der Waals surface area (Å²) in [4.78, 5) is 10.9. The molecule has 3 nitrogen and oxygen atoms in total. The van der Waals surface area contributed by atoms with E-state index in [0.717, 1.165) is 0 Å². The number of esters is 1. The quantitative estimate of drug-likeness (QED) is 0.580. The molecule has 0 rings (SSSR count). The Morgan fingerprint density at radius 2 is 1.91 bits per heavy atom. The van der Waals surface area contributed by atoms with Crippen LogP contribution >= 0.6 is 0 Å². The molecule has 0 aromatic carbocycles. The van der Waals surface area contributed by atoms with Gasteiger partial charge in [-0.15, -0.1) is 0 Å². The first-order chi connectivity index (χ1) is 5.07. The lowest BCUT2D eigenvalue weighted by molar-refractivity contribution is -0.150. The number of ether oxygens (including phenoxy) is 2. The van der Waals surface area contributed by atoms with Crippen molar-refractivity contribution in [1.82, 2.24) is 0 Å². The van der Waals surface area contributed by atoms with Crippen LogP contribution in [-0.4, -0.2) is 25.8 Å². The summed E-state index contributed by atoms with van der Waals surface area (Å²) in [6, 6.07) is 0. The summed E-state index contributed by atoms with van der Waals surface area (Å²) in [5.74, 6) is -0.229. The third-order valence-electron chi connectivity index (χ3n) is 1.33. The summed E-state index contributed by atoms with van der Waals surface area (Å²) in [6.45, 7) is 5.81. The molecule has 0 aliphatic rings. The largest absolute Gasteiger partial charge is 0.463 e. The predicted octanol–water partition coefficient (Wildman–Crippen LogP) is 1.22. The highest BCUT2D eigenvalue weighted by molar-refractivity contribution is 5.71. The molecule has 0 spiro atoms. The fourth-order valence-corrected chi connectivity index (χ4v) is 0.434. The van der Waals surface area contributed by atoms with Crippen molar-refractivity contribution in [3.8, 4) is 0 Å². The third-order valence-corrected chi connectivity index (χ3v) is 1.33. The van der Waals surface area contributed by atoms with Crippen molar-refractivity contribution < 1.29 is 14.3 Å². The van der Waals surface area contributed by atoms with Crippen LogP contribution in [0.15, 0.2) is 0 Å². The van der Waals surface area contributed by atoms with E-state index in [1.165, 1.54) is 0 Å². The highest BCUT2D eigenvalue weighted by atomic mass is 16.6. The van der Waals surface area contributed by atoms with E-state index in [9.17, 15) is 4.79 Å². The van der Waals surface area contributed by atoms with Crippen molar-refractivity contribution >= 4 is 5.97 Å². The van der Waals surface area contributed by atoms with Gasteiger partial charge in [-0.1, -0.05) is 13.8 Å². The van der Waals surface area contributed by atoms with Gasteiger partial charge in [-0.25, -0.2) is 0 Å².